The summed E-state index contributed by atoms with van der Waals surface area (Å²) in [6, 6.07) is 13.8. The number of likely N-dealkylation sites (tertiary alicyclic amines) is 1. The van der Waals surface area contributed by atoms with Crippen LogP contribution in [0.2, 0.25) is 0 Å². The standard InChI is InChI=1S/C19H18N2O3/c1-2-21-10-9-17(18(21)22)24-19(23)16-11-14-13-6-4-3-5-12(13)7-8-15(14)20-16/h3-8,11,17,20H,2,9-10H2,1H3. The Bertz CT molecular complexity index is 944. The van der Waals surface area contributed by atoms with Crippen molar-refractivity contribution < 1.29 is 14.3 Å². The molecule has 0 saturated carbocycles. The van der Waals surface area contributed by atoms with E-state index >= 15 is 0 Å². The number of H-pyrrole nitrogens is 1. The molecule has 1 amide bonds. The first kappa shape index (κ1) is 14.8. The van der Waals surface area contributed by atoms with Crippen LogP contribution in [0.3, 0.4) is 0 Å². The van der Waals surface area contributed by atoms with Gasteiger partial charge in [0.2, 0.25) is 0 Å². The summed E-state index contributed by atoms with van der Waals surface area (Å²) in [5, 5.41) is 3.18. The molecule has 1 aliphatic heterocycles. The lowest BCUT2D eigenvalue weighted by Gasteiger charge is -2.13. The molecule has 1 saturated heterocycles. The molecule has 3 aromatic rings. The van der Waals surface area contributed by atoms with E-state index in [1.807, 2.05) is 43.3 Å². The average molecular weight is 322 g/mol. The summed E-state index contributed by atoms with van der Waals surface area (Å²) in [5.41, 5.74) is 1.26. The van der Waals surface area contributed by atoms with Crippen LogP contribution >= 0.6 is 0 Å². The lowest BCUT2D eigenvalue weighted by molar-refractivity contribution is -0.134. The van der Waals surface area contributed by atoms with Crippen molar-refractivity contribution >= 4 is 33.6 Å². The van der Waals surface area contributed by atoms with Crippen molar-refractivity contribution in [2.45, 2.75) is 19.4 Å². The van der Waals surface area contributed by atoms with Crippen molar-refractivity contribution in [1.29, 1.82) is 0 Å². The summed E-state index contributed by atoms with van der Waals surface area (Å²) in [6.07, 6.45) is -0.109. The molecule has 1 aromatic heterocycles. The molecular weight excluding hydrogens is 304 g/mol. The summed E-state index contributed by atoms with van der Waals surface area (Å²) in [5.74, 6) is -0.584. The molecule has 1 unspecified atom stereocenters. The average Bonchev–Trinajstić information content (AvgIpc) is 3.19. The topological polar surface area (TPSA) is 62.4 Å². The normalized spacial score (nSPS) is 17.8. The number of nitrogens with zero attached hydrogens (tertiary/aromatic N) is 1. The molecule has 4 rings (SSSR count). The van der Waals surface area contributed by atoms with Crippen LogP contribution in [0, 0.1) is 0 Å². The number of ether oxygens (including phenoxy) is 1. The number of rotatable bonds is 3. The number of aromatic amines is 1. The monoisotopic (exact) mass is 322 g/mol. The second kappa shape index (κ2) is 5.67. The number of benzene rings is 2. The Labute approximate surface area is 139 Å². The summed E-state index contributed by atoms with van der Waals surface area (Å²) in [4.78, 5) is 29.3. The quantitative estimate of drug-likeness (QED) is 0.754. The Kier molecular flexibility index (Phi) is 3.49. The maximum absolute atomic E-state index is 12.4. The van der Waals surface area contributed by atoms with Crippen molar-refractivity contribution in [1.82, 2.24) is 9.88 Å². The van der Waals surface area contributed by atoms with E-state index in [4.69, 9.17) is 4.74 Å². The molecule has 1 N–H and O–H groups in total. The van der Waals surface area contributed by atoms with Gasteiger partial charge in [0.25, 0.3) is 5.91 Å². The highest BCUT2D eigenvalue weighted by atomic mass is 16.5. The van der Waals surface area contributed by atoms with Crippen molar-refractivity contribution in [2.75, 3.05) is 13.1 Å². The Hall–Kier alpha value is -2.82. The van der Waals surface area contributed by atoms with Crippen LogP contribution in [-0.4, -0.2) is 41.0 Å². The fourth-order valence-corrected chi connectivity index (χ4v) is 3.32. The van der Waals surface area contributed by atoms with Gasteiger partial charge >= 0.3 is 5.97 Å². The second-order valence-corrected chi connectivity index (χ2v) is 6.03. The van der Waals surface area contributed by atoms with Crippen molar-refractivity contribution in [3.05, 3.63) is 48.2 Å². The first-order valence-electron chi connectivity index (χ1n) is 8.17. The minimum absolute atomic E-state index is 0.104. The fourth-order valence-electron chi connectivity index (χ4n) is 3.32. The number of likely N-dealkylation sites (N-methyl/N-ethyl adjacent to an activating group) is 1. The molecule has 1 atom stereocenters. The number of nitrogens with one attached hydrogen (secondary N) is 1. The van der Waals surface area contributed by atoms with Crippen LogP contribution in [0.4, 0.5) is 0 Å². The summed E-state index contributed by atoms with van der Waals surface area (Å²) in [7, 11) is 0. The van der Waals surface area contributed by atoms with E-state index < -0.39 is 12.1 Å². The van der Waals surface area contributed by atoms with Crippen LogP contribution < -0.4 is 0 Å². The Morgan fingerprint density at radius 2 is 2.08 bits per heavy atom. The minimum Gasteiger partial charge on any atom is -0.448 e. The van der Waals surface area contributed by atoms with E-state index in [2.05, 4.69) is 4.98 Å². The van der Waals surface area contributed by atoms with E-state index in [9.17, 15) is 9.59 Å². The summed E-state index contributed by atoms with van der Waals surface area (Å²) in [6.45, 7) is 3.21. The molecule has 5 heteroatoms. The SMILES string of the molecule is CCN1CCC(OC(=O)c2cc3c(ccc4ccccc43)[nH]2)C1=O. The van der Waals surface area contributed by atoms with Gasteiger partial charge in [0, 0.05) is 30.4 Å². The largest absolute Gasteiger partial charge is 0.448 e. The van der Waals surface area contributed by atoms with Crippen LogP contribution in [0.5, 0.6) is 0 Å². The van der Waals surface area contributed by atoms with E-state index in [1.165, 1.54) is 0 Å². The molecule has 2 aromatic carbocycles. The maximum Gasteiger partial charge on any atom is 0.355 e. The van der Waals surface area contributed by atoms with Crippen LogP contribution in [-0.2, 0) is 9.53 Å². The lowest BCUT2D eigenvalue weighted by atomic mass is 10.1. The van der Waals surface area contributed by atoms with Gasteiger partial charge in [-0.15, -0.1) is 0 Å². The number of hydrogen-bond donors (Lipinski definition) is 1. The van der Waals surface area contributed by atoms with Gasteiger partial charge in [-0.05, 0) is 29.8 Å². The molecular formula is C19H18N2O3. The first-order chi connectivity index (χ1) is 11.7. The highest BCUT2D eigenvalue weighted by Crippen LogP contribution is 2.26. The van der Waals surface area contributed by atoms with E-state index in [-0.39, 0.29) is 5.91 Å². The van der Waals surface area contributed by atoms with Gasteiger partial charge in [-0.25, -0.2) is 4.79 Å². The molecule has 2 heterocycles. The maximum atomic E-state index is 12.4. The van der Waals surface area contributed by atoms with E-state index in [1.54, 1.807) is 11.0 Å². The molecule has 0 bridgehead atoms. The van der Waals surface area contributed by atoms with Crippen molar-refractivity contribution in [3.8, 4) is 0 Å². The van der Waals surface area contributed by atoms with Gasteiger partial charge in [-0.1, -0.05) is 30.3 Å². The Morgan fingerprint density at radius 3 is 2.88 bits per heavy atom. The minimum atomic E-state index is -0.666. The lowest BCUT2D eigenvalue weighted by Crippen LogP contribution is -2.31. The fraction of sp³-hybridized carbons (Fsp3) is 0.263. The zero-order chi connectivity index (χ0) is 16.7. The molecule has 24 heavy (non-hydrogen) atoms. The summed E-state index contributed by atoms with van der Waals surface area (Å²) >= 11 is 0. The van der Waals surface area contributed by atoms with Gasteiger partial charge < -0.3 is 14.6 Å². The third-order valence-electron chi connectivity index (χ3n) is 4.63. The van der Waals surface area contributed by atoms with Crippen LogP contribution in [0.15, 0.2) is 42.5 Å². The van der Waals surface area contributed by atoms with E-state index in [0.717, 1.165) is 21.7 Å². The second-order valence-electron chi connectivity index (χ2n) is 6.03. The highest BCUT2D eigenvalue weighted by molar-refractivity contribution is 6.09. The molecule has 122 valence electrons. The van der Waals surface area contributed by atoms with Crippen molar-refractivity contribution in [2.24, 2.45) is 0 Å². The number of aromatic nitrogens is 1. The predicted molar refractivity (Wildman–Crippen MR) is 91.9 cm³/mol. The number of carbonyl (C=O) groups is 2. The van der Waals surface area contributed by atoms with Gasteiger partial charge in [0.05, 0.1) is 0 Å². The molecule has 0 aliphatic carbocycles. The molecule has 0 spiro atoms. The van der Waals surface area contributed by atoms with E-state index in [0.29, 0.717) is 25.2 Å². The molecule has 1 fully saturated rings. The van der Waals surface area contributed by atoms with Crippen LogP contribution in [0.25, 0.3) is 21.7 Å². The number of carbonyl (C=O) groups excluding carboxylic acids is 2. The zero-order valence-corrected chi connectivity index (χ0v) is 13.4. The first-order valence-corrected chi connectivity index (χ1v) is 8.17. The number of hydrogen-bond acceptors (Lipinski definition) is 3. The zero-order valence-electron chi connectivity index (χ0n) is 13.4. The van der Waals surface area contributed by atoms with Gasteiger partial charge in [-0.2, -0.15) is 0 Å². The Morgan fingerprint density at radius 1 is 1.25 bits per heavy atom. The van der Waals surface area contributed by atoms with Crippen LogP contribution in [0.1, 0.15) is 23.8 Å². The molecule has 1 aliphatic rings. The van der Waals surface area contributed by atoms with Gasteiger partial charge in [0.15, 0.2) is 6.10 Å². The van der Waals surface area contributed by atoms with Crippen molar-refractivity contribution in [3.63, 3.8) is 0 Å². The number of fused-ring (bicyclic) bond motifs is 3. The highest BCUT2D eigenvalue weighted by Gasteiger charge is 2.34. The number of esters is 1. The smallest absolute Gasteiger partial charge is 0.355 e. The molecule has 5 nitrogen and oxygen atoms in total. The summed E-state index contributed by atoms with van der Waals surface area (Å²) < 4.78 is 5.42. The molecule has 0 radical (unpaired) electrons. The van der Waals surface area contributed by atoms with Gasteiger partial charge in [0.1, 0.15) is 5.69 Å². The Balaban J connectivity index is 1.63. The van der Waals surface area contributed by atoms with Gasteiger partial charge in [-0.3, -0.25) is 4.79 Å². The predicted octanol–water partition coefficient (Wildman–Crippen LogP) is 3.10. The third kappa shape index (κ3) is 2.33. The third-order valence-corrected chi connectivity index (χ3v) is 4.63. The number of amides is 1.